The van der Waals surface area contributed by atoms with Crippen LogP contribution in [0.15, 0.2) is 41.5 Å². The van der Waals surface area contributed by atoms with E-state index in [2.05, 4.69) is 15.3 Å². The minimum Gasteiger partial charge on any atom is -0.454 e. The number of rotatable bonds is 1. The molecule has 0 saturated heterocycles. The van der Waals surface area contributed by atoms with E-state index in [9.17, 15) is 13.2 Å². The van der Waals surface area contributed by atoms with Crippen molar-refractivity contribution in [2.45, 2.75) is 12.6 Å². The average Bonchev–Trinajstić information content (AvgIpc) is 3.23. The Morgan fingerprint density at radius 2 is 1.71 bits per heavy atom. The Hall–Kier alpha value is -3.56. The highest BCUT2D eigenvalue weighted by Crippen LogP contribution is 2.38. The number of aromatic nitrogens is 3. The Labute approximate surface area is 156 Å². The molecule has 7 nitrogen and oxygen atoms in total. The van der Waals surface area contributed by atoms with Gasteiger partial charge < -0.3 is 15.2 Å². The molecule has 2 aliphatic rings. The molecule has 3 aromatic rings. The monoisotopic (exact) mass is 387 g/mol. The molecular formula is C18H12F3N5O2. The minimum absolute atomic E-state index is 0.0814. The molecule has 0 aliphatic carbocycles. The SMILES string of the molecule is Nc1ccc(C2=Nn3c(nnc3C(F)(F)F)Cc3cc4c(cc32)OCO4)cc1. The molecule has 1 aromatic heterocycles. The van der Waals surface area contributed by atoms with Gasteiger partial charge in [0.25, 0.3) is 5.82 Å². The molecule has 3 heterocycles. The Balaban J connectivity index is 1.78. The number of halogens is 3. The van der Waals surface area contributed by atoms with Crippen LogP contribution in [-0.2, 0) is 12.6 Å². The predicted molar refractivity (Wildman–Crippen MR) is 92.3 cm³/mol. The summed E-state index contributed by atoms with van der Waals surface area (Å²) in [6, 6.07) is 10.2. The Morgan fingerprint density at radius 1 is 1.00 bits per heavy atom. The lowest BCUT2D eigenvalue weighted by molar-refractivity contribution is -0.147. The first-order chi connectivity index (χ1) is 13.4. The minimum atomic E-state index is -4.69. The molecule has 2 aromatic carbocycles. The van der Waals surface area contributed by atoms with Gasteiger partial charge in [-0.15, -0.1) is 10.2 Å². The third-order valence-corrected chi connectivity index (χ3v) is 4.55. The lowest BCUT2D eigenvalue weighted by atomic mass is 9.95. The second-order valence-corrected chi connectivity index (χ2v) is 6.36. The van der Waals surface area contributed by atoms with Crippen LogP contribution in [-0.4, -0.2) is 27.4 Å². The molecule has 142 valence electrons. The van der Waals surface area contributed by atoms with Crippen molar-refractivity contribution in [1.29, 1.82) is 0 Å². The van der Waals surface area contributed by atoms with Gasteiger partial charge in [-0.25, -0.2) is 0 Å². The summed E-state index contributed by atoms with van der Waals surface area (Å²) in [6.07, 6.45) is -4.58. The molecular weight excluding hydrogens is 375 g/mol. The van der Waals surface area contributed by atoms with Crippen molar-refractivity contribution < 1.29 is 22.6 Å². The number of hydrogen-bond acceptors (Lipinski definition) is 6. The van der Waals surface area contributed by atoms with Gasteiger partial charge in [-0.3, -0.25) is 0 Å². The maximum atomic E-state index is 13.4. The van der Waals surface area contributed by atoms with E-state index in [0.717, 1.165) is 4.68 Å². The maximum absolute atomic E-state index is 13.4. The Bertz CT molecular complexity index is 1120. The summed E-state index contributed by atoms with van der Waals surface area (Å²) in [4.78, 5) is 0. The molecule has 10 heteroatoms. The number of nitrogens with two attached hydrogens (primary N) is 1. The second kappa shape index (κ2) is 5.72. The zero-order chi connectivity index (χ0) is 19.5. The van der Waals surface area contributed by atoms with E-state index in [4.69, 9.17) is 15.2 Å². The molecule has 2 aliphatic heterocycles. The van der Waals surface area contributed by atoms with Crippen molar-refractivity contribution in [2.75, 3.05) is 12.5 Å². The molecule has 0 bridgehead atoms. The molecule has 0 atom stereocenters. The smallest absolute Gasteiger partial charge is 0.453 e. The standard InChI is InChI=1S/C18H12F3N5O2/c19-18(20,21)17-24-23-15-6-10-5-13-14(28-8-27-13)7-12(10)16(25-26(15)17)9-1-3-11(22)4-2-9/h1-5,7H,6,8,22H2. The quantitative estimate of drug-likeness (QED) is 0.508. The van der Waals surface area contributed by atoms with E-state index >= 15 is 0 Å². The van der Waals surface area contributed by atoms with E-state index < -0.39 is 12.0 Å². The first-order valence-electron chi connectivity index (χ1n) is 8.29. The first-order valence-corrected chi connectivity index (χ1v) is 8.29. The molecule has 0 unspecified atom stereocenters. The van der Waals surface area contributed by atoms with E-state index in [0.29, 0.717) is 39.6 Å². The number of hydrogen-bond donors (Lipinski definition) is 1. The van der Waals surface area contributed by atoms with Crippen LogP contribution >= 0.6 is 0 Å². The molecule has 0 saturated carbocycles. The van der Waals surface area contributed by atoms with Crippen molar-refractivity contribution in [3.63, 3.8) is 0 Å². The summed E-state index contributed by atoms with van der Waals surface area (Å²) < 4.78 is 51.8. The topological polar surface area (TPSA) is 87.6 Å². The van der Waals surface area contributed by atoms with E-state index in [1.165, 1.54) is 0 Å². The van der Waals surface area contributed by atoms with Crippen LogP contribution in [0.2, 0.25) is 0 Å². The van der Waals surface area contributed by atoms with Crippen molar-refractivity contribution in [3.8, 4) is 11.5 Å². The van der Waals surface area contributed by atoms with Gasteiger partial charge >= 0.3 is 6.18 Å². The van der Waals surface area contributed by atoms with Crippen LogP contribution in [0.1, 0.15) is 28.3 Å². The van der Waals surface area contributed by atoms with Crippen molar-refractivity contribution in [3.05, 3.63) is 64.7 Å². The summed E-state index contributed by atoms with van der Waals surface area (Å²) >= 11 is 0. The van der Waals surface area contributed by atoms with Crippen molar-refractivity contribution >= 4 is 11.4 Å². The summed E-state index contributed by atoms with van der Waals surface area (Å²) in [5, 5.41) is 11.3. The molecule has 0 fully saturated rings. The predicted octanol–water partition coefficient (Wildman–Crippen LogP) is 2.81. The van der Waals surface area contributed by atoms with Gasteiger partial charge in [0, 0.05) is 23.2 Å². The van der Waals surface area contributed by atoms with Crippen LogP contribution in [0.25, 0.3) is 0 Å². The molecule has 28 heavy (non-hydrogen) atoms. The number of anilines is 1. The largest absolute Gasteiger partial charge is 0.454 e. The highest BCUT2D eigenvalue weighted by Gasteiger charge is 2.40. The van der Waals surface area contributed by atoms with Crippen LogP contribution in [0, 0.1) is 0 Å². The van der Waals surface area contributed by atoms with Gasteiger partial charge in [-0.2, -0.15) is 22.9 Å². The third-order valence-electron chi connectivity index (χ3n) is 4.55. The highest BCUT2D eigenvalue weighted by atomic mass is 19.4. The second-order valence-electron chi connectivity index (χ2n) is 6.36. The van der Waals surface area contributed by atoms with Gasteiger partial charge in [0.2, 0.25) is 6.79 Å². The summed E-state index contributed by atoms with van der Waals surface area (Å²) in [5.41, 5.74) is 8.55. The lowest BCUT2D eigenvalue weighted by Gasteiger charge is -2.11. The zero-order valence-electron chi connectivity index (χ0n) is 14.2. The van der Waals surface area contributed by atoms with Crippen LogP contribution in [0.4, 0.5) is 18.9 Å². The van der Waals surface area contributed by atoms with Crippen LogP contribution < -0.4 is 15.2 Å². The number of fused-ring (bicyclic) bond motifs is 3. The third kappa shape index (κ3) is 2.56. The normalized spacial score (nSPS) is 14.9. The van der Waals surface area contributed by atoms with E-state index in [1.54, 1.807) is 36.4 Å². The first kappa shape index (κ1) is 16.6. The van der Waals surface area contributed by atoms with Gasteiger partial charge in [-0.1, -0.05) is 12.1 Å². The fourth-order valence-corrected chi connectivity index (χ4v) is 3.23. The fraction of sp³-hybridized carbons (Fsp3) is 0.167. The van der Waals surface area contributed by atoms with Gasteiger partial charge in [0.05, 0.1) is 5.71 Å². The molecule has 0 amide bonds. The summed E-state index contributed by atoms with van der Waals surface area (Å²) in [5.74, 6) is -0.0591. The van der Waals surface area contributed by atoms with Crippen molar-refractivity contribution in [1.82, 2.24) is 14.9 Å². The number of benzene rings is 2. The summed E-state index contributed by atoms with van der Waals surface area (Å²) in [6.45, 7) is 0.0843. The van der Waals surface area contributed by atoms with Crippen LogP contribution in [0.5, 0.6) is 11.5 Å². The average molecular weight is 387 g/mol. The summed E-state index contributed by atoms with van der Waals surface area (Å²) in [7, 11) is 0. The number of nitrogens with zero attached hydrogens (tertiary/aromatic N) is 4. The molecule has 5 rings (SSSR count). The van der Waals surface area contributed by atoms with Gasteiger partial charge in [0.1, 0.15) is 0 Å². The van der Waals surface area contributed by atoms with Crippen LogP contribution in [0.3, 0.4) is 0 Å². The number of nitrogen functional groups attached to an aromatic ring is 1. The highest BCUT2D eigenvalue weighted by molar-refractivity contribution is 6.14. The fourth-order valence-electron chi connectivity index (χ4n) is 3.23. The van der Waals surface area contributed by atoms with E-state index in [1.807, 2.05) is 0 Å². The molecule has 0 spiro atoms. The zero-order valence-corrected chi connectivity index (χ0v) is 14.2. The lowest BCUT2D eigenvalue weighted by Crippen LogP contribution is -2.15. The Kier molecular flexibility index (Phi) is 3.39. The van der Waals surface area contributed by atoms with Gasteiger partial charge in [-0.05, 0) is 29.8 Å². The molecule has 0 radical (unpaired) electrons. The Morgan fingerprint density at radius 3 is 2.43 bits per heavy atom. The number of alkyl halides is 3. The molecule has 2 N–H and O–H groups in total. The maximum Gasteiger partial charge on any atom is 0.453 e. The van der Waals surface area contributed by atoms with Crippen molar-refractivity contribution in [2.24, 2.45) is 5.10 Å². The van der Waals surface area contributed by atoms with Gasteiger partial charge in [0.15, 0.2) is 17.3 Å². The van der Waals surface area contributed by atoms with E-state index in [-0.39, 0.29) is 19.0 Å². The number of ether oxygens (including phenoxy) is 2.